The highest BCUT2D eigenvalue weighted by Gasteiger charge is 2.33. The minimum absolute atomic E-state index is 0.562. The largest absolute Gasteiger partial charge is 0.480 e. The van der Waals surface area contributed by atoms with E-state index in [1.165, 1.54) is 0 Å². The Hall–Kier alpha value is -1.70. The van der Waals surface area contributed by atoms with Crippen LogP contribution in [0.15, 0.2) is 34.9 Å². The predicted molar refractivity (Wildman–Crippen MR) is 95.8 cm³/mol. The SMILES string of the molecule is CCN1CCN(C(C(=O)O)c2[nH]c(-c3ccccc3)nc2Br)CC1. The van der Waals surface area contributed by atoms with Crippen molar-refractivity contribution in [3.8, 4) is 11.4 Å². The number of benzene rings is 1. The monoisotopic (exact) mass is 392 g/mol. The van der Waals surface area contributed by atoms with Crippen molar-refractivity contribution in [2.45, 2.75) is 13.0 Å². The maximum Gasteiger partial charge on any atom is 0.327 e. The number of piperazine rings is 1. The molecule has 1 aliphatic heterocycles. The van der Waals surface area contributed by atoms with Gasteiger partial charge in [0.15, 0.2) is 6.04 Å². The number of nitrogens with zero attached hydrogens (tertiary/aromatic N) is 3. The normalized spacial score (nSPS) is 17.8. The summed E-state index contributed by atoms with van der Waals surface area (Å²) < 4.78 is 0.562. The Morgan fingerprint density at radius 2 is 1.96 bits per heavy atom. The number of likely N-dealkylation sites (N-methyl/N-ethyl adjacent to an activating group) is 1. The second kappa shape index (κ2) is 7.46. The summed E-state index contributed by atoms with van der Waals surface area (Å²) >= 11 is 3.43. The van der Waals surface area contributed by atoms with Crippen LogP contribution >= 0.6 is 15.9 Å². The van der Waals surface area contributed by atoms with Gasteiger partial charge in [-0.05, 0) is 22.5 Å². The van der Waals surface area contributed by atoms with E-state index in [2.05, 4.69) is 37.7 Å². The fourth-order valence-electron chi connectivity index (χ4n) is 3.08. The van der Waals surface area contributed by atoms with E-state index in [9.17, 15) is 9.90 Å². The molecule has 0 saturated carbocycles. The molecule has 24 heavy (non-hydrogen) atoms. The molecule has 0 spiro atoms. The minimum atomic E-state index is -0.857. The van der Waals surface area contributed by atoms with Crippen LogP contribution in [0.4, 0.5) is 0 Å². The molecular weight excluding hydrogens is 372 g/mol. The van der Waals surface area contributed by atoms with Crippen molar-refractivity contribution in [3.05, 3.63) is 40.6 Å². The standard InChI is InChI=1S/C17H21BrN4O2/c1-2-21-8-10-22(11-9-21)14(17(23)24)13-15(18)20-16(19-13)12-6-4-3-5-7-12/h3-7,14H,2,8-11H2,1H3,(H,19,20)(H,23,24). The molecule has 1 atom stereocenters. The Labute approximate surface area is 149 Å². The van der Waals surface area contributed by atoms with E-state index in [-0.39, 0.29) is 0 Å². The number of imidazole rings is 1. The third-order valence-electron chi connectivity index (χ3n) is 4.46. The first-order valence-corrected chi connectivity index (χ1v) is 8.89. The smallest absolute Gasteiger partial charge is 0.327 e. The van der Waals surface area contributed by atoms with Crippen LogP contribution in [0.25, 0.3) is 11.4 Å². The van der Waals surface area contributed by atoms with E-state index in [1.54, 1.807) is 0 Å². The number of aromatic nitrogens is 2. The van der Waals surface area contributed by atoms with Crippen LogP contribution in [0, 0.1) is 0 Å². The van der Waals surface area contributed by atoms with Gasteiger partial charge >= 0.3 is 5.97 Å². The van der Waals surface area contributed by atoms with Crippen molar-refractivity contribution < 1.29 is 9.90 Å². The van der Waals surface area contributed by atoms with Gasteiger partial charge in [-0.25, -0.2) is 4.98 Å². The van der Waals surface area contributed by atoms with Crippen LogP contribution in [-0.2, 0) is 4.79 Å². The summed E-state index contributed by atoms with van der Waals surface area (Å²) in [5.74, 6) is -0.181. The van der Waals surface area contributed by atoms with Gasteiger partial charge in [0.05, 0.1) is 5.69 Å². The molecule has 1 unspecified atom stereocenters. The molecule has 6 nitrogen and oxygen atoms in total. The first-order valence-electron chi connectivity index (χ1n) is 8.10. The number of carboxylic acids is 1. The van der Waals surface area contributed by atoms with Gasteiger partial charge in [-0.1, -0.05) is 37.3 Å². The molecule has 1 aliphatic rings. The molecule has 1 saturated heterocycles. The van der Waals surface area contributed by atoms with Crippen molar-refractivity contribution in [2.24, 2.45) is 0 Å². The third-order valence-corrected chi connectivity index (χ3v) is 5.06. The van der Waals surface area contributed by atoms with Gasteiger partial charge in [0.1, 0.15) is 10.4 Å². The summed E-state index contributed by atoms with van der Waals surface area (Å²) in [6, 6.07) is 8.99. The number of nitrogens with one attached hydrogen (secondary N) is 1. The molecule has 1 fully saturated rings. The molecule has 0 radical (unpaired) electrons. The van der Waals surface area contributed by atoms with E-state index in [0.29, 0.717) is 16.1 Å². The fourth-order valence-corrected chi connectivity index (χ4v) is 3.57. The summed E-state index contributed by atoms with van der Waals surface area (Å²) in [5.41, 5.74) is 1.54. The first kappa shape index (κ1) is 17.1. The number of hydrogen-bond acceptors (Lipinski definition) is 4. The van der Waals surface area contributed by atoms with E-state index < -0.39 is 12.0 Å². The number of rotatable bonds is 5. The predicted octanol–water partition coefficient (Wildman–Crippen LogP) is 2.60. The fraction of sp³-hybridized carbons (Fsp3) is 0.412. The molecule has 1 aromatic heterocycles. The third kappa shape index (κ3) is 3.53. The molecule has 2 N–H and O–H groups in total. The van der Waals surface area contributed by atoms with Gasteiger partial charge in [0.2, 0.25) is 0 Å². The molecular formula is C17H21BrN4O2. The number of aromatic amines is 1. The van der Waals surface area contributed by atoms with Crippen LogP contribution in [0.3, 0.4) is 0 Å². The second-order valence-corrected chi connectivity index (χ2v) is 6.62. The number of H-pyrrole nitrogens is 1. The van der Waals surface area contributed by atoms with Gasteiger partial charge in [0, 0.05) is 31.7 Å². The molecule has 3 rings (SSSR count). The van der Waals surface area contributed by atoms with Gasteiger partial charge in [-0.15, -0.1) is 0 Å². The maximum atomic E-state index is 11.9. The topological polar surface area (TPSA) is 72.5 Å². The highest BCUT2D eigenvalue weighted by molar-refractivity contribution is 9.10. The molecule has 0 amide bonds. The second-order valence-electron chi connectivity index (χ2n) is 5.87. The summed E-state index contributed by atoms with van der Waals surface area (Å²) in [5, 5.41) is 9.78. The summed E-state index contributed by atoms with van der Waals surface area (Å²) in [7, 11) is 0. The van der Waals surface area contributed by atoms with E-state index in [0.717, 1.165) is 38.3 Å². The number of carboxylic acid groups (broad SMARTS) is 1. The van der Waals surface area contributed by atoms with Crippen LogP contribution in [0.2, 0.25) is 0 Å². The molecule has 0 aliphatic carbocycles. The molecule has 7 heteroatoms. The average Bonchev–Trinajstić information content (AvgIpc) is 2.98. The maximum absolute atomic E-state index is 11.9. The molecule has 2 aromatic rings. The Balaban J connectivity index is 1.87. The quantitative estimate of drug-likeness (QED) is 0.817. The number of halogens is 1. The van der Waals surface area contributed by atoms with Crippen molar-refractivity contribution >= 4 is 21.9 Å². The lowest BCUT2D eigenvalue weighted by Gasteiger charge is -2.36. The van der Waals surface area contributed by atoms with E-state index in [4.69, 9.17) is 0 Å². The molecule has 128 valence electrons. The van der Waals surface area contributed by atoms with Crippen molar-refractivity contribution in [3.63, 3.8) is 0 Å². The summed E-state index contributed by atoms with van der Waals surface area (Å²) in [6.07, 6.45) is 0. The lowest BCUT2D eigenvalue weighted by Crippen LogP contribution is -2.49. The zero-order valence-electron chi connectivity index (χ0n) is 13.6. The number of hydrogen-bond donors (Lipinski definition) is 2. The summed E-state index contributed by atoms with van der Waals surface area (Å²) in [6.45, 7) is 6.36. The van der Waals surface area contributed by atoms with Crippen LogP contribution in [-0.4, -0.2) is 63.6 Å². The molecule has 1 aromatic carbocycles. The lowest BCUT2D eigenvalue weighted by molar-refractivity contribution is -0.144. The number of aliphatic carboxylic acids is 1. The van der Waals surface area contributed by atoms with Gasteiger partial charge in [0.25, 0.3) is 0 Å². The number of carbonyl (C=O) groups is 1. The zero-order valence-corrected chi connectivity index (χ0v) is 15.2. The van der Waals surface area contributed by atoms with Crippen molar-refractivity contribution in [1.82, 2.24) is 19.8 Å². The van der Waals surface area contributed by atoms with Crippen LogP contribution < -0.4 is 0 Å². The Bertz CT molecular complexity index is 696. The minimum Gasteiger partial charge on any atom is -0.480 e. The zero-order chi connectivity index (χ0) is 17.1. The lowest BCUT2D eigenvalue weighted by atomic mass is 10.1. The molecule has 2 heterocycles. The first-order chi connectivity index (χ1) is 11.6. The van der Waals surface area contributed by atoms with Gasteiger partial charge < -0.3 is 15.0 Å². The molecule has 0 bridgehead atoms. The Morgan fingerprint density at radius 1 is 1.29 bits per heavy atom. The highest BCUT2D eigenvalue weighted by atomic mass is 79.9. The highest BCUT2D eigenvalue weighted by Crippen LogP contribution is 2.30. The van der Waals surface area contributed by atoms with Gasteiger partial charge in [-0.2, -0.15) is 0 Å². The Kier molecular flexibility index (Phi) is 5.33. The van der Waals surface area contributed by atoms with Crippen molar-refractivity contribution in [2.75, 3.05) is 32.7 Å². The van der Waals surface area contributed by atoms with Crippen LogP contribution in [0.5, 0.6) is 0 Å². The Morgan fingerprint density at radius 3 is 2.54 bits per heavy atom. The van der Waals surface area contributed by atoms with Gasteiger partial charge in [-0.3, -0.25) is 9.69 Å². The van der Waals surface area contributed by atoms with Crippen molar-refractivity contribution in [1.29, 1.82) is 0 Å². The van der Waals surface area contributed by atoms with E-state index in [1.807, 2.05) is 35.2 Å². The van der Waals surface area contributed by atoms with Crippen LogP contribution in [0.1, 0.15) is 18.7 Å². The average molecular weight is 393 g/mol. The van der Waals surface area contributed by atoms with E-state index >= 15 is 0 Å². The summed E-state index contributed by atoms with van der Waals surface area (Å²) in [4.78, 5) is 23.9.